The highest BCUT2D eigenvalue weighted by molar-refractivity contribution is 9.10. The topological polar surface area (TPSA) is 108 Å². The minimum Gasteiger partial charge on any atom is -0.293 e. The van der Waals surface area contributed by atoms with Gasteiger partial charge in [-0.25, -0.2) is 19.6 Å². The number of hydrogen-bond donors (Lipinski definition) is 0. The number of ketones is 1. The van der Waals surface area contributed by atoms with E-state index in [0.29, 0.717) is 46.5 Å². The highest BCUT2D eigenvalue weighted by atomic mass is 79.9. The van der Waals surface area contributed by atoms with Gasteiger partial charge in [0.25, 0.3) is 0 Å². The number of Topliss-reactive ketones (excluding diaryl/α,β-unsaturated/α-hetero) is 1. The molecule has 4 aromatic rings. The molecule has 3 aromatic heterocycles. The van der Waals surface area contributed by atoms with Crippen LogP contribution in [0.3, 0.4) is 0 Å². The number of aromatic nitrogens is 5. The van der Waals surface area contributed by atoms with Crippen molar-refractivity contribution in [1.82, 2.24) is 29.2 Å². The van der Waals surface area contributed by atoms with Gasteiger partial charge in [-0.2, -0.15) is 10.1 Å². The number of carbonyl (C=O) groups excluding carboxylic acids is 3. The summed E-state index contributed by atoms with van der Waals surface area (Å²) in [6, 6.07) is 10.8. The first-order valence-electron chi connectivity index (χ1n) is 11.2. The second-order valence-electron chi connectivity index (χ2n) is 8.56. The van der Waals surface area contributed by atoms with Crippen molar-refractivity contribution in [1.29, 1.82) is 0 Å². The Balaban J connectivity index is 1.58. The molecule has 5 rings (SSSR count). The first-order valence-corrected chi connectivity index (χ1v) is 12.0. The number of imide groups is 1. The molecule has 1 fully saturated rings. The SMILES string of the molecule is CC(=O)c1nn(CC(=O)[N@+]2(c3cccc(Br)n3)CCCC2=O)c2ccc(-c3cnc(C)nc3)cc12. The number of pyridine rings is 1. The van der Waals surface area contributed by atoms with Crippen LogP contribution in [0.15, 0.2) is 53.4 Å². The van der Waals surface area contributed by atoms with Crippen LogP contribution in [0.25, 0.3) is 22.0 Å². The number of rotatable bonds is 5. The molecule has 0 aliphatic carbocycles. The predicted octanol–water partition coefficient (Wildman–Crippen LogP) is 4.02. The van der Waals surface area contributed by atoms with Crippen molar-refractivity contribution in [2.45, 2.75) is 33.2 Å². The quantitative estimate of drug-likeness (QED) is 0.216. The summed E-state index contributed by atoms with van der Waals surface area (Å²) in [4.78, 5) is 52.1. The van der Waals surface area contributed by atoms with Gasteiger partial charge in [-0.15, -0.1) is 4.48 Å². The molecule has 1 aliphatic heterocycles. The Morgan fingerprint density at radius 2 is 1.89 bits per heavy atom. The molecule has 1 saturated heterocycles. The number of aryl methyl sites for hydroxylation is 1. The Labute approximate surface area is 209 Å². The normalized spacial score (nSPS) is 17.7. The highest BCUT2D eigenvalue weighted by Crippen LogP contribution is 2.32. The molecule has 9 nitrogen and oxygen atoms in total. The fourth-order valence-electron chi connectivity index (χ4n) is 4.56. The monoisotopic (exact) mass is 533 g/mol. The molecule has 1 atom stereocenters. The summed E-state index contributed by atoms with van der Waals surface area (Å²) in [6.45, 7) is 3.43. The maximum absolute atomic E-state index is 13.7. The zero-order valence-electron chi connectivity index (χ0n) is 19.2. The summed E-state index contributed by atoms with van der Waals surface area (Å²) in [5, 5.41) is 5.11. The molecule has 35 heavy (non-hydrogen) atoms. The van der Waals surface area contributed by atoms with E-state index in [-0.39, 0.29) is 29.8 Å². The maximum atomic E-state index is 13.7. The Morgan fingerprint density at radius 3 is 2.54 bits per heavy atom. The molecule has 1 aliphatic rings. The zero-order chi connectivity index (χ0) is 24.7. The molecule has 1 aromatic carbocycles. The fourth-order valence-corrected chi connectivity index (χ4v) is 4.89. The molecule has 0 saturated carbocycles. The summed E-state index contributed by atoms with van der Waals surface area (Å²) in [5.41, 5.74) is 2.54. The number of hydrogen-bond acceptors (Lipinski definition) is 7. The van der Waals surface area contributed by atoms with E-state index in [1.807, 2.05) is 25.1 Å². The molecule has 2 amide bonds. The predicted molar refractivity (Wildman–Crippen MR) is 133 cm³/mol. The number of amides is 2. The first kappa shape index (κ1) is 23.1. The van der Waals surface area contributed by atoms with Crippen LogP contribution in [-0.2, 0) is 16.1 Å². The number of benzene rings is 1. The van der Waals surface area contributed by atoms with E-state index in [0.717, 1.165) is 11.1 Å². The van der Waals surface area contributed by atoms with Crippen LogP contribution in [-0.4, -0.2) is 48.9 Å². The van der Waals surface area contributed by atoms with Crippen LogP contribution in [0.2, 0.25) is 0 Å². The van der Waals surface area contributed by atoms with E-state index in [4.69, 9.17) is 0 Å². The molecule has 176 valence electrons. The van der Waals surface area contributed by atoms with Crippen LogP contribution in [0.5, 0.6) is 0 Å². The first-order chi connectivity index (χ1) is 16.8. The minimum atomic E-state index is -0.463. The maximum Gasteiger partial charge on any atom is 0.349 e. The van der Waals surface area contributed by atoms with Crippen LogP contribution in [0.1, 0.15) is 36.1 Å². The number of likely N-dealkylation sites (tertiary alicyclic amines) is 1. The lowest BCUT2D eigenvalue weighted by Crippen LogP contribution is -2.57. The van der Waals surface area contributed by atoms with Gasteiger partial charge in [0, 0.05) is 42.8 Å². The number of quaternary nitrogens is 1. The van der Waals surface area contributed by atoms with Crippen LogP contribution >= 0.6 is 15.9 Å². The largest absolute Gasteiger partial charge is 0.349 e. The summed E-state index contributed by atoms with van der Waals surface area (Å²) in [5.74, 6) is 0.309. The van der Waals surface area contributed by atoms with Gasteiger partial charge < -0.3 is 0 Å². The van der Waals surface area contributed by atoms with Gasteiger partial charge >= 0.3 is 11.8 Å². The van der Waals surface area contributed by atoms with E-state index in [1.54, 1.807) is 30.6 Å². The Hall–Kier alpha value is -3.63. The van der Waals surface area contributed by atoms with Gasteiger partial charge in [0.2, 0.25) is 5.82 Å². The fraction of sp³-hybridized carbons (Fsp3) is 0.240. The second-order valence-corrected chi connectivity index (χ2v) is 9.37. The lowest BCUT2D eigenvalue weighted by Gasteiger charge is -2.27. The van der Waals surface area contributed by atoms with Crippen molar-refractivity contribution in [3.05, 3.63) is 64.9 Å². The van der Waals surface area contributed by atoms with E-state index in [2.05, 4.69) is 36.0 Å². The van der Waals surface area contributed by atoms with Crippen LogP contribution in [0.4, 0.5) is 5.82 Å². The summed E-state index contributed by atoms with van der Waals surface area (Å²) >= 11 is 3.34. The van der Waals surface area contributed by atoms with E-state index < -0.39 is 4.48 Å². The number of nitrogens with zero attached hydrogens (tertiary/aromatic N) is 6. The van der Waals surface area contributed by atoms with Gasteiger partial charge in [0.15, 0.2) is 12.3 Å². The van der Waals surface area contributed by atoms with E-state index in [1.165, 1.54) is 11.6 Å². The number of halogens is 1. The van der Waals surface area contributed by atoms with Crippen LogP contribution in [0, 0.1) is 6.92 Å². The third-order valence-electron chi connectivity index (χ3n) is 6.31. The third kappa shape index (κ3) is 3.98. The van der Waals surface area contributed by atoms with E-state index in [9.17, 15) is 14.4 Å². The van der Waals surface area contributed by atoms with Crippen molar-refractivity contribution >= 4 is 50.2 Å². The van der Waals surface area contributed by atoms with Gasteiger partial charge in [-0.3, -0.25) is 9.48 Å². The van der Waals surface area contributed by atoms with Crippen molar-refractivity contribution in [3.63, 3.8) is 0 Å². The van der Waals surface area contributed by atoms with Gasteiger partial charge in [-0.05, 0) is 46.6 Å². The van der Waals surface area contributed by atoms with E-state index >= 15 is 0 Å². The second kappa shape index (κ2) is 8.86. The number of fused-ring (bicyclic) bond motifs is 1. The van der Waals surface area contributed by atoms with Crippen molar-refractivity contribution < 1.29 is 14.4 Å². The summed E-state index contributed by atoms with van der Waals surface area (Å²) in [7, 11) is 0. The zero-order valence-corrected chi connectivity index (χ0v) is 20.8. The average Bonchev–Trinajstić information content (AvgIpc) is 3.40. The highest BCUT2D eigenvalue weighted by Gasteiger charge is 2.51. The van der Waals surface area contributed by atoms with Crippen molar-refractivity contribution in [2.24, 2.45) is 0 Å². The van der Waals surface area contributed by atoms with Gasteiger partial charge in [0.05, 0.1) is 11.9 Å². The third-order valence-corrected chi connectivity index (χ3v) is 6.75. The van der Waals surface area contributed by atoms with Gasteiger partial charge in [-0.1, -0.05) is 12.1 Å². The molecule has 0 radical (unpaired) electrons. The Kier molecular flexibility index (Phi) is 5.86. The molecule has 0 N–H and O–H groups in total. The standard InChI is InChI=1S/C25H22BrN6O3/c1-15(33)25-19-11-17(18-12-27-16(2)28-13-18)8-9-20(19)31(30-25)14-24(35)32(10-4-7-23(32)34)22-6-3-5-21(26)29-22/h3,5-6,8-9,11-13H,4,7,10,14H2,1-2H3/q+1/t32-/m0/s1. The molecule has 0 bridgehead atoms. The van der Waals surface area contributed by atoms with Crippen molar-refractivity contribution in [3.8, 4) is 11.1 Å². The molecule has 10 heteroatoms. The molecule has 0 spiro atoms. The minimum absolute atomic E-state index is 0.170. The van der Waals surface area contributed by atoms with Crippen LogP contribution < -0.4 is 4.48 Å². The van der Waals surface area contributed by atoms with Gasteiger partial charge in [0.1, 0.15) is 22.7 Å². The summed E-state index contributed by atoms with van der Waals surface area (Å²) in [6.07, 6.45) is 4.35. The average molecular weight is 534 g/mol. The van der Waals surface area contributed by atoms with Crippen molar-refractivity contribution in [2.75, 3.05) is 6.54 Å². The number of carbonyl (C=O) groups is 3. The summed E-state index contributed by atoms with van der Waals surface area (Å²) < 4.78 is 1.60. The Morgan fingerprint density at radius 1 is 1.11 bits per heavy atom. The molecular weight excluding hydrogens is 512 g/mol. The molecule has 0 unspecified atom stereocenters. The lowest BCUT2D eigenvalue weighted by atomic mass is 10.0. The Bertz CT molecular complexity index is 1500. The lowest BCUT2D eigenvalue weighted by molar-refractivity contribution is -0.141. The molecule has 4 heterocycles. The smallest absolute Gasteiger partial charge is 0.293 e. The molecular formula is C25H22BrN6O3+.